The average molecular weight is 527 g/mol. The van der Waals surface area contributed by atoms with Crippen molar-refractivity contribution >= 4 is 8.07 Å². The Bertz CT molecular complexity index is 948. The minimum atomic E-state index is -0.913. The fraction of sp³-hybridized carbons (Fsp3) is 0.235. The zero-order valence-corrected chi connectivity index (χ0v) is 25.0. The molecule has 0 saturated carbocycles. The van der Waals surface area contributed by atoms with Crippen molar-refractivity contribution in [2.75, 3.05) is 0 Å². The molecule has 0 atom stereocenters. The van der Waals surface area contributed by atoms with E-state index in [0.717, 1.165) is 16.7 Å². The molecule has 0 amide bonds. The molecule has 1 aliphatic rings. The monoisotopic (exact) mass is 526 g/mol. The van der Waals surface area contributed by atoms with Crippen molar-refractivity contribution in [3.63, 3.8) is 0 Å². The summed E-state index contributed by atoms with van der Waals surface area (Å²) < 4.78 is 0. The maximum absolute atomic E-state index is 3.72. The summed E-state index contributed by atoms with van der Waals surface area (Å²) in [6.07, 6.45) is 5.48. The number of hydrogen-bond donors (Lipinski definition) is 0. The summed E-state index contributed by atoms with van der Waals surface area (Å²) in [7, 11) is -0.913. The molecule has 4 aromatic carbocycles. The van der Waals surface area contributed by atoms with Gasteiger partial charge >= 0.3 is 21.7 Å². The molecule has 0 nitrogen and oxygen atoms in total. The van der Waals surface area contributed by atoms with Crippen LogP contribution in [0.3, 0.4) is 0 Å². The van der Waals surface area contributed by atoms with Gasteiger partial charge in [0.25, 0.3) is 0 Å². The zero-order chi connectivity index (χ0) is 25.5. The van der Waals surface area contributed by atoms with Gasteiger partial charge in [-0.2, -0.15) is 96.6 Å². The third kappa shape index (κ3) is 14.2. The van der Waals surface area contributed by atoms with Gasteiger partial charge in [-0.25, -0.2) is 6.07 Å². The molecule has 0 unspecified atom stereocenters. The van der Waals surface area contributed by atoms with E-state index < -0.39 is 8.07 Å². The third-order valence-corrected chi connectivity index (χ3v) is 7.01. The Morgan fingerprint density at radius 2 is 1.03 bits per heavy atom. The molecule has 1 aliphatic carbocycles. The van der Waals surface area contributed by atoms with Gasteiger partial charge < -0.3 is 0 Å². The predicted molar refractivity (Wildman–Crippen MR) is 158 cm³/mol. The van der Waals surface area contributed by atoms with Gasteiger partial charge in [-0.05, 0) is 0 Å². The van der Waals surface area contributed by atoms with Gasteiger partial charge in [0.1, 0.15) is 0 Å². The maximum atomic E-state index is 3.72. The van der Waals surface area contributed by atoms with Crippen LogP contribution in [0.25, 0.3) is 0 Å². The Balaban J connectivity index is 0.000000253. The molecule has 0 aliphatic heterocycles. The van der Waals surface area contributed by atoms with Gasteiger partial charge in [-0.3, -0.25) is 0 Å². The summed E-state index contributed by atoms with van der Waals surface area (Å²) in [5.41, 5.74) is 8.15. The van der Waals surface area contributed by atoms with E-state index in [0.29, 0.717) is 0 Å². The molecule has 0 N–H and O–H groups in total. The van der Waals surface area contributed by atoms with Crippen LogP contribution in [0, 0.1) is 20.8 Å². The van der Waals surface area contributed by atoms with Gasteiger partial charge in [-0.15, -0.1) is 36.4 Å². The van der Waals surface area contributed by atoms with Gasteiger partial charge in [0.15, 0.2) is 0 Å². The van der Waals surface area contributed by atoms with E-state index in [4.69, 9.17) is 0 Å². The van der Waals surface area contributed by atoms with Crippen molar-refractivity contribution in [3.05, 3.63) is 157 Å². The molecule has 0 aromatic heterocycles. The van der Waals surface area contributed by atoms with E-state index in [-0.39, 0.29) is 21.7 Å². The topological polar surface area (TPSA) is 0 Å². The molecular formula is C34H42SiTi. The van der Waals surface area contributed by atoms with E-state index >= 15 is 0 Å². The molecule has 0 saturated heterocycles. The first-order valence-corrected chi connectivity index (χ1v) is 16.3. The molecule has 5 rings (SSSR count). The van der Waals surface area contributed by atoms with Crippen molar-refractivity contribution in [2.24, 2.45) is 0 Å². The smallest absolute Gasteiger partial charge is 0.207 e. The summed E-state index contributed by atoms with van der Waals surface area (Å²) in [6, 6.07) is 35.9. The number of hydrogen-bond acceptors (Lipinski definition) is 0. The van der Waals surface area contributed by atoms with Crippen molar-refractivity contribution < 1.29 is 21.7 Å². The molecule has 186 valence electrons. The average Bonchev–Trinajstić information content (AvgIpc) is 3.22. The van der Waals surface area contributed by atoms with Gasteiger partial charge in [0.05, 0.1) is 0 Å². The maximum Gasteiger partial charge on any atom is 4.00 e. The van der Waals surface area contributed by atoms with E-state index in [2.05, 4.69) is 52.5 Å². The van der Waals surface area contributed by atoms with Crippen LogP contribution >= 0.6 is 0 Å². The summed E-state index contributed by atoms with van der Waals surface area (Å²) in [6.45, 7) is 18.5. The minimum absolute atomic E-state index is 0. The van der Waals surface area contributed by atoms with Crippen molar-refractivity contribution in [2.45, 2.75) is 51.4 Å². The summed E-state index contributed by atoms with van der Waals surface area (Å²) in [5.74, 6) is 0. The second-order valence-electron chi connectivity index (χ2n) is 10.3. The zero-order valence-electron chi connectivity index (χ0n) is 22.5. The van der Waals surface area contributed by atoms with Gasteiger partial charge in [0.2, 0.25) is 0 Å². The molecule has 4 aromatic rings. The van der Waals surface area contributed by atoms with Gasteiger partial charge in [0, 0.05) is 8.07 Å². The first kappa shape index (κ1) is 31.6. The molecule has 0 heterocycles. The molecule has 0 spiro atoms. The first-order valence-electron chi connectivity index (χ1n) is 12.6. The Morgan fingerprint density at radius 3 is 1.33 bits per heavy atom. The van der Waals surface area contributed by atoms with Crippen LogP contribution in [-0.4, -0.2) is 8.07 Å². The number of fused-ring (bicyclic) bond motifs is 1. The van der Waals surface area contributed by atoms with E-state index in [1.54, 1.807) is 16.7 Å². The Hall–Kier alpha value is -2.45. The van der Waals surface area contributed by atoms with Crippen molar-refractivity contribution in [1.29, 1.82) is 0 Å². The first-order chi connectivity index (χ1) is 16.7. The molecule has 0 radical (unpaired) electrons. The Morgan fingerprint density at radius 1 is 0.639 bits per heavy atom. The normalized spacial score (nSPS) is 11.5. The van der Waals surface area contributed by atoms with Crippen LogP contribution in [0.1, 0.15) is 46.2 Å². The van der Waals surface area contributed by atoms with Crippen LogP contribution in [-0.2, 0) is 40.6 Å². The van der Waals surface area contributed by atoms with Crippen LogP contribution in [0.2, 0.25) is 19.6 Å². The second kappa shape index (κ2) is 17.1. The van der Waals surface area contributed by atoms with E-state index in [1.807, 2.05) is 91.0 Å². The summed E-state index contributed by atoms with van der Waals surface area (Å²) >= 11 is 0. The molecule has 36 heavy (non-hydrogen) atoms. The number of aryl methyl sites for hydroxylation is 2. The molecule has 2 heteroatoms. The molecular weight excluding hydrogens is 484 g/mol. The fourth-order valence-corrected chi connectivity index (χ4v) is 5.35. The van der Waals surface area contributed by atoms with Crippen LogP contribution < -0.4 is 0 Å². The van der Waals surface area contributed by atoms with E-state index in [1.165, 1.54) is 31.7 Å². The largest absolute Gasteiger partial charge is 4.00 e. The van der Waals surface area contributed by atoms with Crippen molar-refractivity contribution in [1.82, 2.24) is 0 Å². The van der Waals surface area contributed by atoms with Crippen LogP contribution in [0.5, 0.6) is 0 Å². The molecule has 0 bridgehead atoms. The number of rotatable bonds is 2. The van der Waals surface area contributed by atoms with Gasteiger partial charge in [-0.1, -0.05) is 69.6 Å². The van der Waals surface area contributed by atoms with Crippen molar-refractivity contribution in [3.8, 4) is 0 Å². The summed E-state index contributed by atoms with van der Waals surface area (Å²) in [4.78, 5) is 0. The second-order valence-corrected chi connectivity index (χ2v) is 15.8. The Kier molecular flexibility index (Phi) is 15.0. The predicted octanol–water partition coefficient (Wildman–Crippen LogP) is 9.31. The minimum Gasteiger partial charge on any atom is -0.207 e. The SMILES string of the molecule is C[Si](C)(C)Cc1cc2c([cH-]1)CCCC2.[CH2-]c1ccccc1.[CH2-]c1ccccc1.[CH2-]c1ccccc1.[Ti+4]. The van der Waals surface area contributed by atoms with Crippen LogP contribution in [0.15, 0.2) is 103 Å². The van der Waals surface area contributed by atoms with E-state index in [9.17, 15) is 0 Å². The number of benzene rings is 3. The van der Waals surface area contributed by atoms with Crippen LogP contribution in [0.4, 0.5) is 0 Å². The summed E-state index contributed by atoms with van der Waals surface area (Å²) in [5, 5.41) is 0. The fourth-order valence-electron chi connectivity index (χ4n) is 3.92. The quantitative estimate of drug-likeness (QED) is 0.180. The Labute approximate surface area is 237 Å². The molecule has 0 fully saturated rings. The standard InChI is InChI=1S/C13H21Si.3C7H7.Ti/c1-14(2,3)10-11-8-12-6-4-5-7-13(12)9-11;3*1-7-5-3-2-4-6-7;/h8-9H,4-7,10H2,1-3H3;3*2-6H,1H2;/q4*-1;+4. The third-order valence-electron chi connectivity index (χ3n) is 5.54.